The predicted molar refractivity (Wildman–Crippen MR) is 106 cm³/mol. The fourth-order valence-electron chi connectivity index (χ4n) is 3.05. The normalized spacial score (nSPS) is 10.6. The van der Waals surface area contributed by atoms with Crippen LogP contribution in [0.3, 0.4) is 0 Å². The summed E-state index contributed by atoms with van der Waals surface area (Å²) < 4.78 is 5.42. The van der Waals surface area contributed by atoms with Crippen molar-refractivity contribution in [3.8, 4) is 11.1 Å². The number of benzene rings is 2. The van der Waals surface area contributed by atoms with Gasteiger partial charge in [-0.25, -0.2) is 4.79 Å². The first-order chi connectivity index (χ1) is 12.5. The molecule has 2 aromatic rings. The SMILES string of the molecule is C=C(C)C(=O)OCc1cc(CCC)ccc1-c1ccc(CCO)cc1C. The highest BCUT2D eigenvalue weighted by atomic mass is 16.5. The summed E-state index contributed by atoms with van der Waals surface area (Å²) >= 11 is 0. The third-order valence-corrected chi connectivity index (χ3v) is 4.40. The number of rotatable bonds is 8. The van der Waals surface area contributed by atoms with Crippen molar-refractivity contribution in [2.24, 2.45) is 0 Å². The average molecular weight is 352 g/mol. The first-order valence-electron chi connectivity index (χ1n) is 9.11. The molecule has 0 fully saturated rings. The number of hydrogen-bond acceptors (Lipinski definition) is 3. The van der Waals surface area contributed by atoms with Gasteiger partial charge in [-0.2, -0.15) is 0 Å². The second-order valence-electron chi connectivity index (χ2n) is 6.72. The van der Waals surface area contributed by atoms with Crippen molar-refractivity contribution in [1.29, 1.82) is 0 Å². The van der Waals surface area contributed by atoms with Gasteiger partial charge in [-0.05, 0) is 60.1 Å². The van der Waals surface area contributed by atoms with Gasteiger partial charge in [0.2, 0.25) is 0 Å². The summed E-state index contributed by atoms with van der Waals surface area (Å²) in [7, 11) is 0. The Morgan fingerprint density at radius 1 is 1.08 bits per heavy atom. The second-order valence-corrected chi connectivity index (χ2v) is 6.72. The summed E-state index contributed by atoms with van der Waals surface area (Å²) in [5, 5.41) is 9.13. The highest BCUT2D eigenvalue weighted by Gasteiger charge is 2.12. The average Bonchev–Trinajstić information content (AvgIpc) is 2.61. The lowest BCUT2D eigenvalue weighted by atomic mass is 9.92. The van der Waals surface area contributed by atoms with E-state index in [1.807, 2.05) is 6.07 Å². The molecule has 0 aliphatic rings. The molecule has 26 heavy (non-hydrogen) atoms. The van der Waals surface area contributed by atoms with Gasteiger partial charge >= 0.3 is 5.97 Å². The predicted octanol–water partition coefficient (Wildman–Crippen LogP) is 4.77. The maximum absolute atomic E-state index is 11.8. The van der Waals surface area contributed by atoms with E-state index in [0.29, 0.717) is 12.0 Å². The Hall–Kier alpha value is -2.39. The maximum atomic E-state index is 11.8. The Morgan fingerprint density at radius 3 is 2.31 bits per heavy atom. The molecule has 0 aromatic heterocycles. The van der Waals surface area contributed by atoms with Gasteiger partial charge in [-0.1, -0.05) is 56.3 Å². The molecule has 138 valence electrons. The molecular weight excluding hydrogens is 324 g/mol. The summed E-state index contributed by atoms with van der Waals surface area (Å²) in [4.78, 5) is 11.8. The molecule has 0 aliphatic heterocycles. The van der Waals surface area contributed by atoms with Crippen molar-refractivity contribution in [1.82, 2.24) is 0 Å². The molecule has 0 bridgehead atoms. The van der Waals surface area contributed by atoms with Gasteiger partial charge in [0.05, 0.1) is 0 Å². The molecule has 0 saturated heterocycles. The van der Waals surface area contributed by atoms with Crippen LogP contribution in [0, 0.1) is 6.92 Å². The van der Waals surface area contributed by atoms with Crippen LogP contribution in [0.25, 0.3) is 11.1 Å². The lowest BCUT2D eigenvalue weighted by Crippen LogP contribution is -2.06. The van der Waals surface area contributed by atoms with Crippen molar-refractivity contribution in [3.63, 3.8) is 0 Å². The summed E-state index contributed by atoms with van der Waals surface area (Å²) in [6.45, 7) is 9.89. The van der Waals surface area contributed by atoms with E-state index in [9.17, 15) is 4.79 Å². The second kappa shape index (κ2) is 9.35. The van der Waals surface area contributed by atoms with Crippen LogP contribution in [0.2, 0.25) is 0 Å². The molecule has 0 saturated carbocycles. The maximum Gasteiger partial charge on any atom is 0.333 e. The number of aliphatic hydroxyl groups is 1. The largest absolute Gasteiger partial charge is 0.457 e. The lowest BCUT2D eigenvalue weighted by molar-refractivity contribution is -0.140. The van der Waals surface area contributed by atoms with E-state index in [2.05, 4.69) is 50.8 Å². The van der Waals surface area contributed by atoms with E-state index in [1.165, 1.54) is 5.56 Å². The molecular formula is C23H28O3. The van der Waals surface area contributed by atoms with Crippen molar-refractivity contribution in [2.45, 2.75) is 46.6 Å². The lowest BCUT2D eigenvalue weighted by Gasteiger charge is -2.15. The smallest absolute Gasteiger partial charge is 0.333 e. The molecule has 0 aliphatic carbocycles. The van der Waals surface area contributed by atoms with Gasteiger partial charge in [0, 0.05) is 12.2 Å². The van der Waals surface area contributed by atoms with Gasteiger partial charge in [0.15, 0.2) is 0 Å². The number of aryl methyl sites for hydroxylation is 2. The highest BCUT2D eigenvalue weighted by molar-refractivity contribution is 5.87. The molecule has 0 radical (unpaired) electrons. The fraction of sp³-hybridized carbons (Fsp3) is 0.348. The van der Waals surface area contributed by atoms with E-state index >= 15 is 0 Å². The number of ether oxygens (including phenoxy) is 1. The van der Waals surface area contributed by atoms with Gasteiger partial charge < -0.3 is 9.84 Å². The van der Waals surface area contributed by atoms with Gasteiger partial charge in [-0.3, -0.25) is 0 Å². The number of hydrogen-bond donors (Lipinski definition) is 1. The van der Waals surface area contributed by atoms with Gasteiger partial charge in [0.1, 0.15) is 6.61 Å². The molecule has 0 unspecified atom stereocenters. The zero-order valence-corrected chi connectivity index (χ0v) is 16.0. The minimum atomic E-state index is -0.369. The van der Waals surface area contributed by atoms with E-state index in [0.717, 1.165) is 40.7 Å². The number of carbonyl (C=O) groups is 1. The minimum Gasteiger partial charge on any atom is -0.457 e. The first kappa shape index (κ1) is 19.9. The van der Waals surface area contributed by atoms with Crippen LogP contribution < -0.4 is 0 Å². The molecule has 3 nitrogen and oxygen atoms in total. The Bertz CT molecular complexity index is 790. The quantitative estimate of drug-likeness (QED) is 0.550. The minimum absolute atomic E-state index is 0.145. The van der Waals surface area contributed by atoms with Crippen LogP contribution in [-0.2, 0) is 29.0 Å². The summed E-state index contributed by atoms with van der Waals surface area (Å²) in [5.74, 6) is -0.369. The molecule has 0 heterocycles. The monoisotopic (exact) mass is 352 g/mol. The number of carbonyl (C=O) groups excluding carboxylic acids is 1. The zero-order valence-electron chi connectivity index (χ0n) is 16.0. The van der Waals surface area contributed by atoms with Crippen molar-refractivity contribution < 1.29 is 14.6 Å². The van der Waals surface area contributed by atoms with Crippen LogP contribution in [-0.4, -0.2) is 17.7 Å². The summed E-state index contributed by atoms with van der Waals surface area (Å²) in [6, 6.07) is 12.6. The Kier molecular flexibility index (Phi) is 7.16. The molecule has 3 heteroatoms. The van der Waals surface area contributed by atoms with Crippen LogP contribution in [0.1, 0.15) is 42.5 Å². The van der Waals surface area contributed by atoms with E-state index in [4.69, 9.17) is 9.84 Å². The molecule has 0 spiro atoms. The van der Waals surface area contributed by atoms with Crippen molar-refractivity contribution in [2.75, 3.05) is 6.61 Å². The highest BCUT2D eigenvalue weighted by Crippen LogP contribution is 2.30. The van der Waals surface area contributed by atoms with E-state index < -0.39 is 0 Å². The molecule has 1 N–H and O–H groups in total. The van der Waals surface area contributed by atoms with Gasteiger partial charge in [0.25, 0.3) is 0 Å². The third-order valence-electron chi connectivity index (χ3n) is 4.40. The number of aliphatic hydroxyl groups excluding tert-OH is 1. The Labute approximate surface area is 156 Å². The first-order valence-corrected chi connectivity index (χ1v) is 9.11. The summed E-state index contributed by atoms with van der Waals surface area (Å²) in [6.07, 6.45) is 2.72. The van der Waals surface area contributed by atoms with Crippen molar-refractivity contribution in [3.05, 3.63) is 70.8 Å². The molecule has 0 amide bonds. The Balaban J connectivity index is 2.40. The van der Waals surface area contributed by atoms with Crippen LogP contribution in [0.15, 0.2) is 48.6 Å². The topological polar surface area (TPSA) is 46.5 Å². The van der Waals surface area contributed by atoms with Crippen LogP contribution in [0.4, 0.5) is 0 Å². The fourth-order valence-corrected chi connectivity index (χ4v) is 3.05. The van der Waals surface area contributed by atoms with Gasteiger partial charge in [-0.15, -0.1) is 0 Å². The Morgan fingerprint density at radius 2 is 1.73 bits per heavy atom. The molecule has 2 aromatic carbocycles. The van der Waals surface area contributed by atoms with Crippen molar-refractivity contribution >= 4 is 5.97 Å². The zero-order chi connectivity index (χ0) is 19.1. The molecule has 0 atom stereocenters. The molecule has 2 rings (SSSR count). The van der Waals surface area contributed by atoms with Crippen LogP contribution in [0.5, 0.6) is 0 Å². The van der Waals surface area contributed by atoms with Crippen LogP contribution >= 0.6 is 0 Å². The third kappa shape index (κ3) is 5.06. The standard InChI is InChI=1S/C23H28O3/c1-5-6-18-8-10-22(20(14-18)15-26-23(25)16(2)3)21-9-7-19(11-12-24)13-17(21)4/h7-10,13-14,24H,2,5-6,11-12,15H2,1,3-4H3. The van der Waals surface area contributed by atoms with E-state index in [-0.39, 0.29) is 19.2 Å². The number of esters is 1. The van der Waals surface area contributed by atoms with E-state index in [1.54, 1.807) is 6.92 Å². The summed E-state index contributed by atoms with van der Waals surface area (Å²) in [5.41, 5.74) is 7.11.